The van der Waals surface area contributed by atoms with Gasteiger partial charge in [-0.3, -0.25) is 0 Å². The van der Waals surface area contributed by atoms with Crippen molar-refractivity contribution in [2.75, 3.05) is 20.3 Å². The van der Waals surface area contributed by atoms with Gasteiger partial charge < -0.3 is 15.2 Å². The smallest absolute Gasteiger partial charge is 0.147 e. The Hall–Kier alpha value is -0.100. The molecule has 0 amide bonds. The Morgan fingerprint density at radius 3 is 2.40 bits per heavy atom. The molecule has 3 nitrogen and oxygen atoms in total. The maximum Gasteiger partial charge on any atom is 0.147 e. The zero-order valence-electron chi connectivity index (χ0n) is 8.39. The molecule has 0 aliphatic heterocycles. The van der Waals surface area contributed by atoms with E-state index < -0.39 is 0 Å². The van der Waals surface area contributed by atoms with Gasteiger partial charge in [0.2, 0.25) is 0 Å². The Kier molecular flexibility index (Phi) is 5.60. The molecule has 1 aromatic rings. The normalized spacial score (nSPS) is 10.4. The van der Waals surface area contributed by atoms with E-state index in [9.17, 15) is 0 Å². The lowest BCUT2D eigenvalue weighted by molar-refractivity contribution is 0.292. The molecule has 1 rings (SSSR count). The zero-order valence-corrected chi connectivity index (χ0v) is 11.6. The fourth-order valence-corrected chi connectivity index (χ4v) is 2.83. The fraction of sp³-hybridized carbons (Fsp3) is 0.400. The van der Waals surface area contributed by atoms with E-state index in [1.807, 2.05) is 12.1 Å². The lowest BCUT2D eigenvalue weighted by Gasteiger charge is -2.09. The van der Waals surface area contributed by atoms with Gasteiger partial charge in [-0.2, -0.15) is 0 Å². The van der Waals surface area contributed by atoms with Crippen molar-refractivity contribution in [1.29, 1.82) is 0 Å². The van der Waals surface area contributed by atoms with Gasteiger partial charge in [0, 0.05) is 13.1 Å². The van der Waals surface area contributed by atoms with Crippen molar-refractivity contribution in [1.82, 2.24) is 5.32 Å². The van der Waals surface area contributed by atoms with Crippen LogP contribution < -0.4 is 10.1 Å². The monoisotopic (exact) mass is 337 g/mol. The summed E-state index contributed by atoms with van der Waals surface area (Å²) in [5.74, 6) is 0.793. The highest BCUT2D eigenvalue weighted by molar-refractivity contribution is 9.11. The maximum absolute atomic E-state index is 8.63. The second kappa shape index (κ2) is 6.48. The number of ether oxygens (including phenoxy) is 1. The van der Waals surface area contributed by atoms with E-state index in [4.69, 9.17) is 9.84 Å². The van der Waals surface area contributed by atoms with Crippen molar-refractivity contribution in [2.45, 2.75) is 6.54 Å². The number of methoxy groups -OCH3 is 1. The number of hydrogen-bond acceptors (Lipinski definition) is 3. The van der Waals surface area contributed by atoms with Crippen LogP contribution in [-0.4, -0.2) is 25.4 Å². The van der Waals surface area contributed by atoms with Gasteiger partial charge in [0.05, 0.1) is 22.7 Å². The summed E-state index contributed by atoms with van der Waals surface area (Å²) in [6.45, 7) is 1.47. The van der Waals surface area contributed by atoms with Crippen LogP contribution in [0.25, 0.3) is 0 Å². The number of benzene rings is 1. The molecule has 0 radical (unpaired) electrons. The van der Waals surface area contributed by atoms with Crippen molar-refractivity contribution in [3.8, 4) is 5.75 Å². The quantitative estimate of drug-likeness (QED) is 0.809. The molecule has 0 atom stereocenters. The molecule has 0 aromatic heterocycles. The minimum Gasteiger partial charge on any atom is -0.494 e. The Morgan fingerprint density at radius 2 is 1.93 bits per heavy atom. The van der Waals surface area contributed by atoms with E-state index in [1.54, 1.807) is 7.11 Å². The summed E-state index contributed by atoms with van der Waals surface area (Å²) in [5, 5.41) is 11.7. The van der Waals surface area contributed by atoms with Crippen LogP contribution in [0.1, 0.15) is 5.56 Å². The molecule has 0 spiro atoms. The van der Waals surface area contributed by atoms with Crippen LogP contribution in [0.15, 0.2) is 21.1 Å². The predicted octanol–water partition coefficient (Wildman–Crippen LogP) is 2.30. The van der Waals surface area contributed by atoms with Crippen molar-refractivity contribution < 1.29 is 9.84 Å². The van der Waals surface area contributed by atoms with E-state index in [0.717, 1.165) is 26.8 Å². The highest BCUT2D eigenvalue weighted by Gasteiger charge is 2.07. The summed E-state index contributed by atoms with van der Waals surface area (Å²) in [5.41, 5.74) is 1.13. The third-order valence-electron chi connectivity index (χ3n) is 1.88. The van der Waals surface area contributed by atoms with Gasteiger partial charge in [0.1, 0.15) is 5.75 Å². The lowest BCUT2D eigenvalue weighted by atomic mass is 10.2. The highest BCUT2D eigenvalue weighted by atomic mass is 79.9. The molecule has 2 N–H and O–H groups in total. The number of rotatable bonds is 5. The summed E-state index contributed by atoms with van der Waals surface area (Å²) in [4.78, 5) is 0. The Bertz CT molecular complexity index is 308. The average Bonchev–Trinajstić information content (AvgIpc) is 2.18. The fourth-order valence-electron chi connectivity index (χ4n) is 1.22. The molecular weight excluding hydrogens is 326 g/mol. The Balaban J connectivity index is 2.75. The predicted molar refractivity (Wildman–Crippen MR) is 67.2 cm³/mol. The van der Waals surface area contributed by atoms with E-state index in [1.165, 1.54) is 0 Å². The van der Waals surface area contributed by atoms with Crippen LogP contribution in [0.3, 0.4) is 0 Å². The molecule has 5 heteroatoms. The zero-order chi connectivity index (χ0) is 11.3. The number of nitrogens with one attached hydrogen (secondary N) is 1. The van der Waals surface area contributed by atoms with Gasteiger partial charge in [-0.1, -0.05) is 0 Å². The lowest BCUT2D eigenvalue weighted by Crippen LogP contribution is -2.17. The third-order valence-corrected chi connectivity index (χ3v) is 3.06. The molecule has 84 valence electrons. The highest BCUT2D eigenvalue weighted by Crippen LogP contribution is 2.34. The summed E-state index contributed by atoms with van der Waals surface area (Å²) in [7, 11) is 1.63. The molecule has 0 bridgehead atoms. The standard InChI is InChI=1S/C10H13Br2NO2/c1-15-10-8(11)4-7(5-9(10)12)6-13-2-3-14/h4-5,13-14H,2-3,6H2,1H3. The summed E-state index contributed by atoms with van der Waals surface area (Å²) in [6.07, 6.45) is 0. The van der Waals surface area contributed by atoms with Gasteiger partial charge in [0.25, 0.3) is 0 Å². The molecule has 0 heterocycles. The van der Waals surface area contributed by atoms with Gasteiger partial charge in [-0.05, 0) is 49.6 Å². The van der Waals surface area contributed by atoms with Crippen LogP contribution in [0, 0.1) is 0 Å². The second-order valence-electron chi connectivity index (χ2n) is 2.99. The van der Waals surface area contributed by atoms with Crippen molar-refractivity contribution >= 4 is 31.9 Å². The van der Waals surface area contributed by atoms with Crippen molar-refractivity contribution in [3.63, 3.8) is 0 Å². The minimum absolute atomic E-state index is 0.151. The van der Waals surface area contributed by atoms with Crippen molar-refractivity contribution in [2.24, 2.45) is 0 Å². The Morgan fingerprint density at radius 1 is 1.33 bits per heavy atom. The molecule has 1 aromatic carbocycles. The van der Waals surface area contributed by atoms with Gasteiger partial charge >= 0.3 is 0 Å². The second-order valence-corrected chi connectivity index (χ2v) is 4.70. The van der Waals surface area contributed by atoms with Gasteiger partial charge in [-0.15, -0.1) is 0 Å². The topological polar surface area (TPSA) is 41.5 Å². The molecule has 15 heavy (non-hydrogen) atoms. The van der Waals surface area contributed by atoms with Crippen molar-refractivity contribution in [3.05, 3.63) is 26.6 Å². The first-order chi connectivity index (χ1) is 7.19. The van der Waals surface area contributed by atoms with E-state index in [0.29, 0.717) is 6.54 Å². The first kappa shape index (κ1) is 13.0. The van der Waals surface area contributed by atoms with Crippen LogP contribution in [0.5, 0.6) is 5.75 Å². The molecule has 0 aliphatic rings. The molecule has 0 saturated heterocycles. The van der Waals surface area contributed by atoms with Crippen LogP contribution in [-0.2, 0) is 6.54 Å². The number of aliphatic hydroxyl groups excluding tert-OH is 1. The van der Waals surface area contributed by atoms with Crippen LogP contribution >= 0.6 is 31.9 Å². The minimum atomic E-state index is 0.151. The molecule has 0 aliphatic carbocycles. The average molecular weight is 339 g/mol. The molecular formula is C10H13Br2NO2. The summed E-state index contributed by atoms with van der Waals surface area (Å²) >= 11 is 6.87. The SMILES string of the molecule is COc1c(Br)cc(CNCCO)cc1Br. The number of halogens is 2. The molecule has 0 unspecified atom stereocenters. The maximum atomic E-state index is 8.63. The van der Waals surface area contributed by atoms with E-state index in [2.05, 4.69) is 37.2 Å². The molecule has 0 fully saturated rings. The molecule has 0 saturated carbocycles. The van der Waals surface area contributed by atoms with Gasteiger partial charge in [-0.25, -0.2) is 0 Å². The first-order valence-corrected chi connectivity index (χ1v) is 6.11. The first-order valence-electron chi connectivity index (χ1n) is 4.52. The van der Waals surface area contributed by atoms with Gasteiger partial charge in [0.15, 0.2) is 0 Å². The summed E-state index contributed by atoms with van der Waals surface area (Å²) in [6, 6.07) is 3.99. The Labute approximate surface area is 106 Å². The number of hydrogen-bond donors (Lipinski definition) is 2. The van der Waals surface area contributed by atoms with Crippen LogP contribution in [0.2, 0.25) is 0 Å². The summed E-state index contributed by atoms with van der Waals surface area (Å²) < 4.78 is 7.04. The number of aliphatic hydroxyl groups is 1. The van der Waals surface area contributed by atoms with Crippen LogP contribution in [0.4, 0.5) is 0 Å². The third kappa shape index (κ3) is 3.75. The van der Waals surface area contributed by atoms with E-state index >= 15 is 0 Å². The largest absolute Gasteiger partial charge is 0.494 e. The van der Waals surface area contributed by atoms with E-state index in [-0.39, 0.29) is 6.61 Å².